The summed E-state index contributed by atoms with van der Waals surface area (Å²) in [6, 6.07) is 5.87. The van der Waals surface area contributed by atoms with Crippen molar-refractivity contribution in [3.63, 3.8) is 0 Å². The van der Waals surface area contributed by atoms with Gasteiger partial charge in [0.15, 0.2) is 6.79 Å². The molecule has 2 N–H and O–H groups in total. The third-order valence-electron chi connectivity index (χ3n) is 2.73. The lowest BCUT2D eigenvalue weighted by Crippen LogP contribution is -2.07. The van der Waals surface area contributed by atoms with Crippen molar-refractivity contribution in [3.8, 4) is 5.75 Å². The maximum Gasteiger partial charge on any atom is 0.472 e. The predicted octanol–water partition coefficient (Wildman–Crippen LogP) is 3.38. The van der Waals surface area contributed by atoms with Crippen LogP contribution in [0.5, 0.6) is 5.75 Å². The SMILES string of the molecule is [2H]OP(=O)(O[2H])OCOc1c(C(C)C)cccc1C(C)C. The monoisotopic (exact) mass is 290 g/mol. The molecule has 0 saturated heterocycles. The number of phosphoric ester groups is 1. The van der Waals surface area contributed by atoms with Gasteiger partial charge in [0.05, 0.1) is 0 Å². The Morgan fingerprint density at radius 1 is 1.21 bits per heavy atom. The van der Waals surface area contributed by atoms with Crippen LogP contribution in [0.2, 0.25) is 0 Å². The Bertz CT molecular complexity index is 473. The summed E-state index contributed by atoms with van der Waals surface area (Å²) in [6.45, 7) is 7.73. The van der Waals surface area contributed by atoms with Crippen molar-refractivity contribution in [2.24, 2.45) is 0 Å². The summed E-state index contributed by atoms with van der Waals surface area (Å²) >= 11 is 0. The van der Waals surface area contributed by atoms with Crippen molar-refractivity contribution in [3.05, 3.63) is 29.3 Å². The molecule has 0 saturated carbocycles. The summed E-state index contributed by atoms with van der Waals surface area (Å²) in [5, 5.41) is 0. The third-order valence-corrected chi connectivity index (χ3v) is 3.16. The summed E-state index contributed by atoms with van der Waals surface area (Å²) in [5.74, 6) is 1.14. The highest BCUT2D eigenvalue weighted by Gasteiger charge is 2.18. The van der Waals surface area contributed by atoms with E-state index in [1.807, 2.05) is 45.9 Å². The molecule has 5 nitrogen and oxygen atoms in total. The molecule has 0 atom stereocenters. The number of phosphoric acid groups is 1. The predicted molar refractivity (Wildman–Crippen MR) is 73.2 cm³/mol. The number of hydrogen-bond donors (Lipinski definition) is 2. The molecule has 0 aliphatic carbocycles. The summed E-state index contributed by atoms with van der Waals surface area (Å²) in [7, 11) is -4.19. The van der Waals surface area contributed by atoms with Crippen molar-refractivity contribution >= 4 is 7.82 Å². The fourth-order valence-electron chi connectivity index (χ4n) is 1.80. The molecule has 0 aliphatic heterocycles. The second kappa shape index (κ2) is 6.53. The van der Waals surface area contributed by atoms with Crippen LogP contribution in [-0.4, -0.2) is 19.4 Å². The molecule has 0 aliphatic rings. The Morgan fingerprint density at radius 2 is 1.74 bits per heavy atom. The first-order chi connectivity index (χ1) is 9.84. The summed E-state index contributed by atoms with van der Waals surface area (Å²) in [4.78, 5) is 7.55. The summed E-state index contributed by atoms with van der Waals surface area (Å²) in [6.07, 6.45) is 0. The van der Waals surface area contributed by atoms with E-state index >= 15 is 0 Å². The van der Waals surface area contributed by atoms with E-state index in [1.165, 1.54) is 0 Å². The highest BCUT2D eigenvalue weighted by molar-refractivity contribution is 7.46. The molecule has 0 spiro atoms. The molecule has 6 heteroatoms. The molecular weight excluding hydrogens is 267 g/mol. The van der Waals surface area contributed by atoms with E-state index in [2.05, 4.69) is 9.79 Å². The van der Waals surface area contributed by atoms with Crippen LogP contribution in [0.4, 0.5) is 0 Å². The van der Waals surface area contributed by atoms with Crippen LogP contribution in [0.15, 0.2) is 18.2 Å². The van der Waals surface area contributed by atoms with Crippen molar-refractivity contribution in [1.82, 2.24) is 0 Å². The topological polar surface area (TPSA) is 76.0 Å². The zero-order chi connectivity index (χ0) is 16.0. The van der Waals surface area contributed by atoms with E-state index in [-0.39, 0.29) is 11.8 Å². The van der Waals surface area contributed by atoms with Crippen molar-refractivity contribution in [2.75, 3.05) is 6.79 Å². The van der Waals surface area contributed by atoms with E-state index in [0.717, 1.165) is 11.1 Å². The lowest BCUT2D eigenvalue weighted by Gasteiger charge is -2.19. The van der Waals surface area contributed by atoms with Crippen LogP contribution >= 0.6 is 7.82 Å². The molecule has 0 radical (unpaired) electrons. The van der Waals surface area contributed by atoms with Crippen LogP contribution in [-0.2, 0) is 9.09 Å². The van der Waals surface area contributed by atoms with E-state index in [0.29, 0.717) is 5.75 Å². The Balaban J connectivity index is 2.93. The number of rotatable bonds is 8. The van der Waals surface area contributed by atoms with Gasteiger partial charge in [-0.1, -0.05) is 45.9 Å². The van der Waals surface area contributed by atoms with E-state index in [4.69, 9.17) is 12.1 Å². The molecule has 0 unspecified atom stereocenters. The van der Waals surface area contributed by atoms with Gasteiger partial charge in [0, 0.05) is 0 Å². The van der Waals surface area contributed by atoms with E-state index < -0.39 is 14.6 Å². The normalized spacial score (nSPS) is 13.6. The molecule has 1 aromatic rings. The van der Waals surface area contributed by atoms with Crippen LogP contribution in [0.1, 0.15) is 50.7 Å². The maximum absolute atomic E-state index is 11.5. The fraction of sp³-hybridized carbons (Fsp3) is 0.538. The van der Waals surface area contributed by atoms with Gasteiger partial charge in [0.1, 0.15) is 5.75 Å². The first kappa shape index (κ1) is 13.1. The largest absolute Gasteiger partial charge is 0.472 e. The van der Waals surface area contributed by atoms with Gasteiger partial charge in [-0.3, -0.25) is 0 Å². The summed E-state index contributed by atoms with van der Waals surface area (Å²) < 4.78 is 34.9. The van der Waals surface area contributed by atoms with E-state index in [1.54, 1.807) is 0 Å². The van der Waals surface area contributed by atoms with Gasteiger partial charge in [-0.05, 0) is 23.0 Å². The Labute approximate surface area is 116 Å². The minimum absolute atomic E-state index is 0.241. The van der Waals surface area contributed by atoms with Crippen LogP contribution in [0, 0.1) is 0 Å². The number of hydrogen-bond acceptors (Lipinski definition) is 5. The first-order valence-electron chi connectivity index (χ1n) is 6.96. The lowest BCUT2D eigenvalue weighted by atomic mass is 9.94. The first-order valence-corrected chi connectivity index (χ1v) is 7.60. The smallest absolute Gasteiger partial charge is 0.466 e. The van der Waals surface area contributed by atoms with Gasteiger partial charge >= 0.3 is 7.82 Å². The molecule has 0 aromatic heterocycles. The van der Waals surface area contributed by atoms with Crippen molar-refractivity contribution < 1.29 is 23.6 Å². The Hall–Kier alpha value is -0.870. The van der Waals surface area contributed by atoms with Gasteiger partial charge in [0.2, 0.25) is 2.86 Å². The molecule has 0 amide bonds. The van der Waals surface area contributed by atoms with Crippen molar-refractivity contribution in [1.29, 1.82) is 2.86 Å². The van der Waals surface area contributed by atoms with Gasteiger partial charge in [-0.25, -0.2) is 9.09 Å². The van der Waals surface area contributed by atoms with Gasteiger partial charge in [-0.2, -0.15) is 0 Å². The second-order valence-corrected chi connectivity index (χ2v) is 6.07. The number of benzene rings is 1. The number of para-hydroxylation sites is 1. The highest BCUT2D eigenvalue weighted by atomic mass is 31.2. The minimum atomic E-state index is -4.19. The van der Waals surface area contributed by atoms with Crippen molar-refractivity contribution in [2.45, 2.75) is 39.5 Å². The quantitative estimate of drug-likeness (QED) is 0.567. The van der Waals surface area contributed by atoms with E-state index in [9.17, 15) is 4.57 Å². The lowest BCUT2D eigenvalue weighted by molar-refractivity contribution is 0.0811. The zero-order valence-corrected chi connectivity index (χ0v) is 12.5. The van der Waals surface area contributed by atoms with Gasteiger partial charge in [0.25, 0.3) is 0 Å². The Kier molecular flexibility index (Phi) is 4.51. The summed E-state index contributed by atoms with van der Waals surface area (Å²) in [5.41, 5.74) is 2.00. The molecule has 108 valence electrons. The van der Waals surface area contributed by atoms with Crippen LogP contribution in [0.25, 0.3) is 0 Å². The molecule has 0 heterocycles. The highest BCUT2D eigenvalue weighted by Crippen LogP contribution is 2.38. The average molecular weight is 290 g/mol. The number of ether oxygens (including phenoxy) is 1. The molecule has 1 aromatic carbocycles. The molecule has 0 fully saturated rings. The Morgan fingerprint density at radius 3 is 2.16 bits per heavy atom. The molecule has 19 heavy (non-hydrogen) atoms. The second-order valence-electron chi connectivity index (χ2n) is 4.91. The molecule has 0 bridgehead atoms. The fourth-order valence-corrected chi connectivity index (χ4v) is 1.98. The standard InChI is InChI=1S/C13H21O5P/c1-9(2)11-6-5-7-12(10(3)4)13(11)17-8-18-19(14,15)16/h5-7,9-10H,8H2,1-4H3,(H2,14,15,16)/i/hD2. The molecule has 1 rings (SSSR count). The minimum Gasteiger partial charge on any atom is -0.466 e. The average Bonchev–Trinajstić information content (AvgIpc) is 2.46. The maximum atomic E-state index is 11.5. The van der Waals surface area contributed by atoms with Crippen LogP contribution in [0.3, 0.4) is 0 Å². The third kappa shape index (κ3) is 4.96. The van der Waals surface area contributed by atoms with Gasteiger partial charge < -0.3 is 14.5 Å². The molecular formula is C13H21O5P. The van der Waals surface area contributed by atoms with Gasteiger partial charge in [-0.15, -0.1) is 0 Å². The zero-order valence-electron chi connectivity index (χ0n) is 13.6. The van der Waals surface area contributed by atoms with Crippen LogP contribution < -0.4 is 4.74 Å².